The van der Waals surface area contributed by atoms with Gasteiger partial charge in [-0.05, 0) is 42.6 Å². The molecule has 3 aliphatic rings. The van der Waals surface area contributed by atoms with Crippen LogP contribution in [0, 0.1) is 22.7 Å². The molecule has 0 aliphatic heterocycles. The normalized spacial score (nSPS) is 38.2. The van der Waals surface area contributed by atoms with E-state index in [-0.39, 0.29) is 12.8 Å². The summed E-state index contributed by atoms with van der Waals surface area (Å²) in [6.07, 6.45) is -2.53. The summed E-state index contributed by atoms with van der Waals surface area (Å²) in [6.45, 7) is 12.3. The third-order valence-electron chi connectivity index (χ3n) is 8.84. The number of aliphatic hydroxyl groups is 2. The van der Waals surface area contributed by atoms with Gasteiger partial charge in [-0.3, -0.25) is 19.2 Å². The highest BCUT2D eigenvalue weighted by Gasteiger charge is 2.66. The quantitative estimate of drug-likeness (QED) is 0.304. The van der Waals surface area contributed by atoms with Gasteiger partial charge >= 0.3 is 23.9 Å². The zero-order valence-electron chi connectivity index (χ0n) is 23.7. The molecule has 0 heterocycles. The molecule has 0 amide bonds. The molecule has 2 fully saturated rings. The van der Waals surface area contributed by atoms with Crippen molar-refractivity contribution in [2.75, 3.05) is 6.61 Å². The molecular weight excluding hydrogens is 496 g/mol. The molecule has 0 spiro atoms. The Balaban J connectivity index is 2.36. The molecule has 2 bridgehead atoms. The van der Waals surface area contributed by atoms with Crippen LogP contribution in [-0.2, 0) is 38.1 Å². The van der Waals surface area contributed by atoms with Crippen LogP contribution in [0.1, 0.15) is 81.1 Å². The molecule has 0 aromatic carbocycles. The van der Waals surface area contributed by atoms with Gasteiger partial charge < -0.3 is 29.2 Å². The van der Waals surface area contributed by atoms with Crippen molar-refractivity contribution in [1.29, 1.82) is 0 Å². The second kappa shape index (κ2) is 10.6. The van der Waals surface area contributed by atoms with Gasteiger partial charge in [-0.25, -0.2) is 0 Å². The van der Waals surface area contributed by atoms with E-state index in [1.165, 1.54) is 27.7 Å². The maximum absolute atomic E-state index is 12.6. The standard InChI is InChI=1S/C28H42O10/c1-14-11-19(36-16(3)30)23-24(38-18(5)32)25-27(8,10-9-21(33)28(25,34)13-35-15(2)29)12-20(37-17(4)31)22(14)26(23,6)7/h19-21,23-25,33-34H,9-13H2,1-8H3/t19-,20-,21-,23-,24+,25-,27-,28-/m0/s1. The summed E-state index contributed by atoms with van der Waals surface area (Å²) in [5.41, 5.74) is -1.88. The van der Waals surface area contributed by atoms with Gasteiger partial charge in [-0.2, -0.15) is 0 Å². The lowest BCUT2D eigenvalue weighted by atomic mass is 9.47. The van der Waals surface area contributed by atoms with Crippen LogP contribution in [-0.4, -0.2) is 70.7 Å². The summed E-state index contributed by atoms with van der Waals surface area (Å²) in [5.74, 6) is -3.85. The summed E-state index contributed by atoms with van der Waals surface area (Å²) >= 11 is 0. The van der Waals surface area contributed by atoms with E-state index in [9.17, 15) is 29.4 Å². The molecular formula is C28H42O10. The van der Waals surface area contributed by atoms with Crippen molar-refractivity contribution < 1.29 is 48.3 Å². The molecule has 0 radical (unpaired) electrons. The first-order valence-corrected chi connectivity index (χ1v) is 13.2. The zero-order chi connectivity index (χ0) is 28.8. The van der Waals surface area contributed by atoms with Gasteiger partial charge in [0, 0.05) is 46.0 Å². The van der Waals surface area contributed by atoms with Crippen LogP contribution < -0.4 is 0 Å². The molecule has 0 saturated heterocycles. The van der Waals surface area contributed by atoms with Gasteiger partial charge in [0.25, 0.3) is 0 Å². The van der Waals surface area contributed by atoms with Gasteiger partial charge in [-0.15, -0.1) is 0 Å². The van der Waals surface area contributed by atoms with E-state index in [4.69, 9.17) is 18.9 Å². The number of carbonyl (C=O) groups is 4. The van der Waals surface area contributed by atoms with Crippen LogP contribution in [0.5, 0.6) is 0 Å². The maximum Gasteiger partial charge on any atom is 0.303 e. The van der Waals surface area contributed by atoms with Crippen molar-refractivity contribution in [3.8, 4) is 0 Å². The van der Waals surface area contributed by atoms with Gasteiger partial charge in [0.05, 0.1) is 6.10 Å². The van der Waals surface area contributed by atoms with Gasteiger partial charge in [0.15, 0.2) is 0 Å². The van der Waals surface area contributed by atoms with Crippen LogP contribution in [0.2, 0.25) is 0 Å². The lowest BCUT2D eigenvalue weighted by molar-refractivity contribution is -0.257. The summed E-state index contributed by atoms with van der Waals surface area (Å²) < 4.78 is 23.0. The predicted octanol–water partition coefficient (Wildman–Crippen LogP) is 2.62. The SMILES string of the molecule is CC(=O)OC[C@]1(O)[C@@H](O)CC[C@@]2(C)C[C@H](OC(C)=O)C3=C(C)C[C@H](OC(C)=O)[C@@H]([C@@H](OC(C)=O)[C@@H]21)C3(C)C. The number of ether oxygens (including phenoxy) is 4. The second-order valence-corrected chi connectivity index (χ2v) is 12.1. The van der Waals surface area contributed by atoms with Crippen molar-refractivity contribution in [1.82, 2.24) is 0 Å². The number of carbonyl (C=O) groups excluding carboxylic acids is 4. The first-order chi connectivity index (χ1) is 17.4. The molecule has 3 aliphatic carbocycles. The minimum atomic E-state index is -2.00. The Labute approximate surface area is 224 Å². The minimum Gasteiger partial charge on any atom is -0.463 e. The maximum atomic E-state index is 12.6. The summed E-state index contributed by atoms with van der Waals surface area (Å²) in [4.78, 5) is 48.9. The van der Waals surface area contributed by atoms with Crippen LogP contribution >= 0.6 is 0 Å². The number of rotatable bonds is 5. The Bertz CT molecular complexity index is 1020. The number of esters is 4. The highest BCUT2D eigenvalue weighted by Crippen LogP contribution is 2.61. The van der Waals surface area contributed by atoms with Gasteiger partial charge in [-0.1, -0.05) is 26.3 Å². The smallest absolute Gasteiger partial charge is 0.303 e. The van der Waals surface area contributed by atoms with Crippen molar-refractivity contribution >= 4 is 23.9 Å². The summed E-state index contributed by atoms with van der Waals surface area (Å²) in [6, 6.07) is 0. The van der Waals surface area contributed by atoms with E-state index in [2.05, 4.69) is 0 Å². The summed E-state index contributed by atoms with van der Waals surface area (Å²) in [5, 5.41) is 23.3. The predicted molar refractivity (Wildman–Crippen MR) is 134 cm³/mol. The van der Waals surface area contributed by atoms with Crippen molar-refractivity contribution in [3.63, 3.8) is 0 Å². The van der Waals surface area contributed by atoms with Gasteiger partial charge in [0.2, 0.25) is 0 Å². The molecule has 0 aromatic rings. The van der Waals surface area contributed by atoms with E-state index < -0.39 is 83.2 Å². The fourth-order valence-corrected chi connectivity index (χ4v) is 7.74. The number of hydrogen-bond acceptors (Lipinski definition) is 10. The molecule has 0 unspecified atom stereocenters. The Morgan fingerprint density at radius 1 is 0.921 bits per heavy atom. The average molecular weight is 539 g/mol. The third-order valence-corrected chi connectivity index (χ3v) is 8.84. The first-order valence-electron chi connectivity index (χ1n) is 13.2. The molecule has 8 atom stereocenters. The Hall–Kier alpha value is -2.46. The highest BCUT2D eigenvalue weighted by atomic mass is 16.6. The molecule has 2 saturated carbocycles. The number of aliphatic hydroxyl groups excluding tert-OH is 1. The van der Waals surface area contributed by atoms with E-state index in [1.807, 2.05) is 27.7 Å². The highest BCUT2D eigenvalue weighted by molar-refractivity contribution is 5.68. The zero-order valence-corrected chi connectivity index (χ0v) is 23.7. The van der Waals surface area contributed by atoms with Crippen molar-refractivity contribution in [2.45, 2.75) is 111 Å². The molecule has 0 aromatic heterocycles. The molecule has 3 rings (SSSR count). The van der Waals surface area contributed by atoms with Crippen LogP contribution in [0.25, 0.3) is 0 Å². The van der Waals surface area contributed by atoms with Crippen LogP contribution in [0.4, 0.5) is 0 Å². The topological polar surface area (TPSA) is 146 Å². The Morgan fingerprint density at radius 3 is 2.03 bits per heavy atom. The van der Waals surface area contributed by atoms with Gasteiger partial charge in [0.1, 0.15) is 30.5 Å². The largest absolute Gasteiger partial charge is 0.463 e. The fourth-order valence-electron chi connectivity index (χ4n) is 7.74. The lowest BCUT2D eigenvalue weighted by Crippen LogP contribution is -2.69. The number of hydrogen-bond donors (Lipinski definition) is 2. The van der Waals surface area contributed by atoms with Crippen LogP contribution in [0.3, 0.4) is 0 Å². The average Bonchev–Trinajstić information content (AvgIpc) is 2.72. The van der Waals surface area contributed by atoms with Crippen molar-refractivity contribution in [2.24, 2.45) is 22.7 Å². The van der Waals surface area contributed by atoms with E-state index in [0.29, 0.717) is 12.8 Å². The molecule has 10 heteroatoms. The van der Waals surface area contributed by atoms with Crippen molar-refractivity contribution in [3.05, 3.63) is 11.1 Å². The monoisotopic (exact) mass is 538 g/mol. The van der Waals surface area contributed by atoms with E-state index >= 15 is 0 Å². The lowest BCUT2D eigenvalue weighted by Gasteiger charge is -2.61. The third kappa shape index (κ3) is 5.47. The van der Waals surface area contributed by atoms with Crippen LogP contribution in [0.15, 0.2) is 11.1 Å². The van der Waals surface area contributed by atoms with E-state index in [1.54, 1.807) is 0 Å². The molecule has 214 valence electrons. The molecule has 10 nitrogen and oxygen atoms in total. The fraction of sp³-hybridized carbons (Fsp3) is 0.786. The molecule has 2 N–H and O–H groups in total. The minimum absolute atomic E-state index is 0.184. The Morgan fingerprint density at radius 2 is 1.50 bits per heavy atom. The molecule has 38 heavy (non-hydrogen) atoms. The Kier molecular flexibility index (Phi) is 8.39. The second-order valence-electron chi connectivity index (χ2n) is 12.1. The number of fused-ring (bicyclic) bond motifs is 3. The van der Waals surface area contributed by atoms with E-state index in [0.717, 1.165) is 11.1 Å². The summed E-state index contributed by atoms with van der Waals surface area (Å²) in [7, 11) is 0. The first kappa shape index (κ1) is 30.1.